The van der Waals surface area contributed by atoms with Crippen molar-refractivity contribution in [2.45, 2.75) is 16.7 Å². The first-order valence-electron chi connectivity index (χ1n) is 3.08. The van der Waals surface area contributed by atoms with Crippen molar-refractivity contribution in [2.24, 2.45) is 0 Å². The normalized spacial score (nSPS) is 9.90. The number of thioether (sulfide) groups is 1. The molecule has 0 fully saturated rings. The van der Waals surface area contributed by atoms with Gasteiger partial charge in [0.1, 0.15) is 0 Å². The maximum Gasteiger partial charge on any atom is 0.0232 e. The van der Waals surface area contributed by atoms with E-state index in [2.05, 4.69) is 31.9 Å². The molecule has 0 atom stereocenters. The molecule has 0 bridgehead atoms. The van der Waals surface area contributed by atoms with Crippen molar-refractivity contribution in [3.05, 3.63) is 23.8 Å². The van der Waals surface area contributed by atoms with Crippen LogP contribution in [0.2, 0.25) is 0 Å². The van der Waals surface area contributed by atoms with Crippen LogP contribution in [0, 0.1) is 6.92 Å². The second-order valence-electron chi connectivity index (χ2n) is 2.13. The molecular formula is C8H10S2. The topological polar surface area (TPSA) is 0 Å². The zero-order chi connectivity index (χ0) is 7.56. The summed E-state index contributed by atoms with van der Waals surface area (Å²) < 4.78 is 0. The lowest BCUT2D eigenvalue weighted by molar-refractivity contribution is 1.18. The highest BCUT2D eigenvalue weighted by molar-refractivity contribution is 7.99. The Kier molecular flexibility index (Phi) is 2.69. The first-order chi connectivity index (χ1) is 4.75. The summed E-state index contributed by atoms with van der Waals surface area (Å²) in [6.45, 7) is 2.10. The fourth-order valence-electron chi connectivity index (χ4n) is 0.903. The molecule has 0 heterocycles. The second-order valence-corrected chi connectivity index (χ2v) is 3.43. The third kappa shape index (κ3) is 1.50. The molecule has 10 heavy (non-hydrogen) atoms. The largest absolute Gasteiger partial charge is 0.142 e. The van der Waals surface area contributed by atoms with E-state index in [1.54, 1.807) is 11.8 Å². The first-order valence-corrected chi connectivity index (χ1v) is 4.75. The summed E-state index contributed by atoms with van der Waals surface area (Å²) in [4.78, 5) is 2.36. The average Bonchev–Trinajstić information content (AvgIpc) is 1.88. The van der Waals surface area contributed by atoms with Crippen molar-refractivity contribution in [3.8, 4) is 0 Å². The van der Waals surface area contributed by atoms with Gasteiger partial charge in [-0.25, -0.2) is 0 Å². The molecule has 1 aromatic carbocycles. The Morgan fingerprint density at radius 3 is 2.50 bits per heavy atom. The van der Waals surface area contributed by atoms with Gasteiger partial charge in [-0.1, -0.05) is 12.1 Å². The number of thiol groups is 1. The molecule has 0 aliphatic heterocycles. The smallest absolute Gasteiger partial charge is 0.0232 e. The Morgan fingerprint density at radius 1 is 1.40 bits per heavy atom. The van der Waals surface area contributed by atoms with Crippen LogP contribution in [-0.2, 0) is 0 Å². The highest BCUT2D eigenvalue weighted by Gasteiger charge is 1.98. The minimum absolute atomic E-state index is 1.08. The maximum atomic E-state index is 4.33. The molecule has 0 aromatic heterocycles. The van der Waals surface area contributed by atoms with E-state index in [4.69, 9.17) is 0 Å². The summed E-state index contributed by atoms with van der Waals surface area (Å²) >= 11 is 6.07. The fraction of sp³-hybridized carbons (Fsp3) is 0.250. The van der Waals surface area contributed by atoms with Crippen LogP contribution >= 0.6 is 24.4 Å². The van der Waals surface area contributed by atoms with Crippen LogP contribution in [0.15, 0.2) is 28.0 Å². The fourth-order valence-corrected chi connectivity index (χ4v) is 2.11. The van der Waals surface area contributed by atoms with Gasteiger partial charge in [-0.05, 0) is 24.8 Å². The Labute approximate surface area is 71.4 Å². The number of benzene rings is 1. The minimum atomic E-state index is 1.08. The van der Waals surface area contributed by atoms with E-state index in [0.29, 0.717) is 0 Å². The van der Waals surface area contributed by atoms with Gasteiger partial charge in [0.05, 0.1) is 0 Å². The summed E-state index contributed by atoms with van der Waals surface area (Å²) in [6, 6.07) is 6.14. The van der Waals surface area contributed by atoms with E-state index in [-0.39, 0.29) is 0 Å². The Morgan fingerprint density at radius 2 is 2.10 bits per heavy atom. The van der Waals surface area contributed by atoms with Gasteiger partial charge in [0, 0.05) is 9.79 Å². The number of aryl methyl sites for hydroxylation is 1. The van der Waals surface area contributed by atoms with E-state index >= 15 is 0 Å². The molecule has 0 aliphatic rings. The monoisotopic (exact) mass is 170 g/mol. The van der Waals surface area contributed by atoms with Gasteiger partial charge in [0.15, 0.2) is 0 Å². The summed E-state index contributed by atoms with van der Waals surface area (Å²) in [5.74, 6) is 0. The standard InChI is InChI=1S/C8H10S2/c1-6-4-3-5-7(9)8(6)10-2/h3-5,9H,1-2H3. The zero-order valence-corrected chi connectivity index (χ0v) is 7.80. The van der Waals surface area contributed by atoms with E-state index in [9.17, 15) is 0 Å². The van der Waals surface area contributed by atoms with Gasteiger partial charge in [0.25, 0.3) is 0 Å². The lowest BCUT2D eigenvalue weighted by Crippen LogP contribution is -1.78. The molecule has 1 aromatic rings. The molecule has 2 heteroatoms. The van der Waals surface area contributed by atoms with Crippen molar-refractivity contribution in [1.29, 1.82) is 0 Å². The number of hydrogen-bond acceptors (Lipinski definition) is 2. The minimum Gasteiger partial charge on any atom is -0.142 e. The highest BCUT2D eigenvalue weighted by Crippen LogP contribution is 2.26. The predicted octanol–water partition coefficient (Wildman–Crippen LogP) is 3.01. The van der Waals surface area contributed by atoms with Crippen LogP contribution in [0.5, 0.6) is 0 Å². The van der Waals surface area contributed by atoms with Crippen molar-refractivity contribution in [2.75, 3.05) is 6.26 Å². The van der Waals surface area contributed by atoms with Crippen molar-refractivity contribution in [1.82, 2.24) is 0 Å². The quantitative estimate of drug-likeness (QED) is 0.499. The number of hydrogen-bond donors (Lipinski definition) is 1. The molecule has 1 rings (SSSR count). The maximum absolute atomic E-state index is 4.33. The summed E-state index contributed by atoms with van der Waals surface area (Å²) in [6.07, 6.45) is 2.07. The second kappa shape index (κ2) is 3.35. The molecule has 0 amide bonds. The first kappa shape index (κ1) is 8.02. The van der Waals surface area contributed by atoms with Crippen molar-refractivity contribution >= 4 is 24.4 Å². The van der Waals surface area contributed by atoms with Gasteiger partial charge >= 0.3 is 0 Å². The zero-order valence-electron chi connectivity index (χ0n) is 6.09. The van der Waals surface area contributed by atoms with Crippen molar-refractivity contribution < 1.29 is 0 Å². The third-order valence-corrected chi connectivity index (χ3v) is 2.87. The van der Waals surface area contributed by atoms with Crippen LogP contribution in [0.3, 0.4) is 0 Å². The molecule has 0 nitrogen and oxygen atoms in total. The molecule has 0 saturated heterocycles. The van der Waals surface area contributed by atoms with Gasteiger partial charge in [0.2, 0.25) is 0 Å². The molecule has 54 valence electrons. The Hall–Kier alpha value is -0.0800. The molecule has 0 spiro atoms. The summed E-state index contributed by atoms with van der Waals surface area (Å²) in [7, 11) is 0. The van der Waals surface area contributed by atoms with Gasteiger partial charge in [-0.2, -0.15) is 0 Å². The summed E-state index contributed by atoms with van der Waals surface area (Å²) in [5, 5.41) is 0. The summed E-state index contributed by atoms with van der Waals surface area (Å²) in [5.41, 5.74) is 1.31. The molecule has 0 unspecified atom stereocenters. The van der Waals surface area contributed by atoms with Crippen LogP contribution in [0.25, 0.3) is 0 Å². The van der Waals surface area contributed by atoms with Gasteiger partial charge < -0.3 is 0 Å². The predicted molar refractivity (Wildman–Crippen MR) is 50.2 cm³/mol. The molecule has 0 radical (unpaired) electrons. The molecule has 0 N–H and O–H groups in total. The van der Waals surface area contributed by atoms with E-state index in [0.717, 1.165) is 4.90 Å². The molecule has 0 saturated carbocycles. The van der Waals surface area contributed by atoms with Crippen LogP contribution in [0.1, 0.15) is 5.56 Å². The van der Waals surface area contributed by atoms with Crippen LogP contribution < -0.4 is 0 Å². The van der Waals surface area contributed by atoms with Crippen LogP contribution in [-0.4, -0.2) is 6.26 Å². The Bertz CT molecular complexity index is 210. The lowest BCUT2D eigenvalue weighted by atomic mass is 10.2. The lowest BCUT2D eigenvalue weighted by Gasteiger charge is -2.03. The highest BCUT2D eigenvalue weighted by atomic mass is 32.2. The number of rotatable bonds is 1. The van der Waals surface area contributed by atoms with Gasteiger partial charge in [-0.15, -0.1) is 24.4 Å². The molecular weight excluding hydrogens is 160 g/mol. The third-order valence-electron chi connectivity index (χ3n) is 1.40. The van der Waals surface area contributed by atoms with Crippen LogP contribution in [0.4, 0.5) is 0 Å². The molecule has 0 aliphatic carbocycles. The van der Waals surface area contributed by atoms with Crippen molar-refractivity contribution in [3.63, 3.8) is 0 Å². The Balaban J connectivity index is 3.17. The average molecular weight is 170 g/mol. The van der Waals surface area contributed by atoms with E-state index < -0.39 is 0 Å². The van der Waals surface area contributed by atoms with E-state index in [1.807, 2.05) is 12.1 Å². The SMILES string of the molecule is CSc1c(C)cccc1S. The van der Waals surface area contributed by atoms with Gasteiger partial charge in [-0.3, -0.25) is 0 Å². The van der Waals surface area contributed by atoms with E-state index in [1.165, 1.54) is 10.5 Å².